The van der Waals surface area contributed by atoms with Gasteiger partial charge in [0, 0.05) is 17.8 Å². The van der Waals surface area contributed by atoms with Crippen molar-refractivity contribution < 1.29 is 5.11 Å². The van der Waals surface area contributed by atoms with Gasteiger partial charge in [0.1, 0.15) is 5.60 Å². The van der Waals surface area contributed by atoms with Gasteiger partial charge < -0.3 is 5.11 Å². The van der Waals surface area contributed by atoms with Gasteiger partial charge in [0.15, 0.2) is 0 Å². The molecule has 0 spiro atoms. The summed E-state index contributed by atoms with van der Waals surface area (Å²) in [6, 6.07) is 0. The summed E-state index contributed by atoms with van der Waals surface area (Å²) in [4.78, 5) is 4.24. The fraction of sp³-hybridized carbons (Fsp3) is 0.700. The molecule has 0 aromatic rings. The average molecular weight is 167 g/mol. The van der Waals surface area contributed by atoms with Gasteiger partial charge >= 0.3 is 0 Å². The van der Waals surface area contributed by atoms with Gasteiger partial charge in [-0.25, -0.2) is 0 Å². The topological polar surface area (TPSA) is 32.6 Å². The second-order valence-corrected chi connectivity index (χ2v) is 3.67. The van der Waals surface area contributed by atoms with Crippen LogP contribution in [0, 0.1) is 5.92 Å². The van der Waals surface area contributed by atoms with E-state index in [2.05, 4.69) is 4.99 Å². The summed E-state index contributed by atoms with van der Waals surface area (Å²) in [5.41, 5.74) is 1.30. The Morgan fingerprint density at radius 3 is 2.75 bits per heavy atom. The molecule has 1 aliphatic rings. The molecule has 1 N–H and O–H groups in total. The summed E-state index contributed by atoms with van der Waals surface area (Å²) in [5, 5.41) is 10.1. The number of nitrogens with zero attached hydrogens (tertiary/aromatic N) is 1. The van der Waals surface area contributed by atoms with Gasteiger partial charge in [0.2, 0.25) is 0 Å². The third-order valence-electron chi connectivity index (χ3n) is 2.87. The summed E-state index contributed by atoms with van der Waals surface area (Å²) in [6.07, 6.45) is 2.68. The minimum atomic E-state index is -0.742. The normalized spacial score (nSPS) is 35.9. The van der Waals surface area contributed by atoms with Crippen molar-refractivity contribution in [3.8, 4) is 0 Å². The standard InChI is InChI=1S/C10H17NO/c1-5-9-10(4,12)8(3)7(2)6-11-9/h6,8,12H,5H2,1-4H3. The van der Waals surface area contributed by atoms with E-state index in [0.717, 1.165) is 17.7 Å². The smallest absolute Gasteiger partial charge is 0.106 e. The van der Waals surface area contributed by atoms with Gasteiger partial charge in [-0.15, -0.1) is 0 Å². The molecule has 2 atom stereocenters. The molecule has 1 rings (SSSR count). The van der Waals surface area contributed by atoms with Gasteiger partial charge in [-0.3, -0.25) is 4.99 Å². The molecule has 0 saturated carbocycles. The fourth-order valence-corrected chi connectivity index (χ4v) is 1.56. The number of aliphatic imine (C=N–C) groups is 1. The highest BCUT2D eigenvalue weighted by Crippen LogP contribution is 2.30. The van der Waals surface area contributed by atoms with E-state index in [1.54, 1.807) is 0 Å². The Morgan fingerprint density at radius 1 is 1.67 bits per heavy atom. The van der Waals surface area contributed by atoms with E-state index in [1.807, 2.05) is 33.9 Å². The minimum Gasteiger partial charge on any atom is -0.384 e. The first-order valence-corrected chi connectivity index (χ1v) is 4.46. The van der Waals surface area contributed by atoms with Crippen molar-refractivity contribution in [3.05, 3.63) is 11.8 Å². The Bertz CT molecular complexity index is 238. The highest BCUT2D eigenvalue weighted by atomic mass is 16.3. The van der Waals surface area contributed by atoms with Crippen LogP contribution in [0.15, 0.2) is 16.8 Å². The van der Waals surface area contributed by atoms with Crippen LogP contribution in [0.25, 0.3) is 0 Å². The number of hydrogen-bond acceptors (Lipinski definition) is 2. The molecule has 2 unspecified atom stereocenters. The molecule has 0 amide bonds. The lowest BCUT2D eigenvalue weighted by molar-refractivity contribution is 0.0861. The zero-order chi connectivity index (χ0) is 9.35. The molecule has 0 aromatic heterocycles. The molecule has 0 radical (unpaired) electrons. The van der Waals surface area contributed by atoms with Crippen LogP contribution in [0.1, 0.15) is 34.1 Å². The number of hydrogen-bond donors (Lipinski definition) is 1. The molecule has 12 heavy (non-hydrogen) atoms. The highest BCUT2D eigenvalue weighted by Gasteiger charge is 2.35. The van der Waals surface area contributed by atoms with Crippen LogP contribution in [-0.4, -0.2) is 16.4 Å². The van der Waals surface area contributed by atoms with E-state index in [4.69, 9.17) is 0 Å². The van der Waals surface area contributed by atoms with Crippen LogP contribution < -0.4 is 0 Å². The molecule has 2 heteroatoms. The number of aliphatic hydroxyl groups is 1. The van der Waals surface area contributed by atoms with E-state index >= 15 is 0 Å². The summed E-state index contributed by atoms with van der Waals surface area (Å²) in [5.74, 6) is 0.185. The summed E-state index contributed by atoms with van der Waals surface area (Å²) < 4.78 is 0. The molecule has 0 fully saturated rings. The second kappa shape index (κ2) is 3.02. The monoisotopic (exact) mass is 167 g/mol. The summed E-state index contributed by atoms with van der Waals surface area (Å²) >= 11 is 0. The van der Waals surface area contributed by atoms with E-state index in [9.17, 15) is 5.11 Å². The third-order valence-corrected chi connectivity index (χ3v) is 2.87. The van der Waals surface area contributed by atoms with Crippen molar-refractivity contribution in [3.63, 3.8) is 0 Å². The largest absolute Gasteiger partial charge is 0.384 e. The number of rotatable bonds is 1. The molecule has 0 bridgehead atoms. The Balaban J connectivity index is 3.03. The third kappa shape index (κ3) is 1.31. The summed E-state index contributed by atoms with van der Waals surface area (Å²) in [6.45, 7) is 7.91. The Hall–Kier alpha value is -0.630. The Labute approximate surface area is 74.0 Å². The van der Waals surface area contributed by atoms with E-state index < -0.39 is 5.60 Å². The predicted molar refractivity (Wildman–Crippen MR) is 51.3 cm³/mol. The lowest BCUT2D eigenvalue weighted by Crippen LogP contribution is -2.43. The maximum Gasteiger partial charge on any atom is 0.106 e. The van der Waals surface area contributed by atoms with Crippen molar-refractivity contribution >= 4 is 5.71 Å². The zero-order valence-electron chi connectivity index (χ0n) is 8.26. The van der Waals surface area contributed by atoms with Crippen LogP contribution in [0.3, 0.4) is 0 Å². The van der Waals surface area contributed by atoms with Gasteiger partial charge in [-0.05, 0) is 25.8 Å². The van der Waals surface area contributed by atoms with Crippen molar-refractivity contribution in [2.75, 3.05) is 0 Å². The van der Waals surface area contributed by atoms with Gasteiger partial charge in [0.05, 0.1) is 0 Å². The first-order valence-electron chi connectivity index (χ1n) is 4.46. The van der Waals surface area contributed by atoms with E-state index in [1.165, 1.54) is 0 Å². The zero-order valence-corrected chi connectivity index (χ0v) is 8.26. The molecule has 68 valence electrons. The lowest BCUT2D eigenvalue weighted by Gasteiger charge is -2.34. The SMILES string of the molecule is CCC1=NC=C(C)C(C)C1(C)O. The second-order valence-electron chi connectivity index (χ2n) is 3.67. The quantitative estimate of drug-likeness (QED) is 0.637. The van der Waals surface area contributed by atoms with Crippen LogP contribution >= 0.6 is 0 Å². The first-order chi connectivity index (χ1) is 5.50. The maximum absolute atomic E-state index is 10.1. The van der Waals surface area contributed by atoms with E-state index in [-0.39, 0.29) is 5.92 Å². The molecule has 1 aliphatic heterocycles. The minimum absolute atomic E-state index is 0.185. The fourth-order valence-electron chi connectivity index (χ4n) is 1.56. The molecular formula is C10H17NO. The van der Waals surface area contributed by atoms with Crippen molar-refractivity contribution in [2.24, 2.45) is 10.9 Å². The first kappa shape index (κ1) is 9.46. The van der Waals surface area contributed by atoms with Gasteiger partial charge in [0.25, 0.3) is 0 Å². The van der Waals surface area contributed by atoms with Crippen molar-refractivity contribution in [2.45, 2.75) is 39.7 Å². The van der Waals surface area contributed by atoms with Crippen LogP contribution in [0.2, 0.25) is 0 Å². The lowest BCUT2D eigenvalue weighted by atomic mass is 9.79. The Kier molecular flexibility index (Phi) is 2.38. The van der Waals surface area contributed by atoms with Crippen LogP contribution in [-0.2, 0) is 0 Å². The van der Waals surface area contributed by atoms with Gasteiger partial charge in [-0.2, -0.15) is 0 Å². The molecule has 2 nitrogen and oxygen atoms in total. The van der Waals surface area contributed by atoms with E-state index in [0.29, 0.717) is 0 Å². The predicted octanol–water partition coefficient (Wildman–Crippen LogP) is 2.14. The molecule has 1 heterocycles. The van der Waals surface area contributed by atoms with Crippen molar-refractivity contribution in [1.82, 2.24) is 0 Å². The maximum atomic E-state index is 10.1. The molecular weight excluding hydrogens is 150 g/mol. The van der Waals surface area contributed by atoms with Crippen LogP contribution in [0.4, 0.5) is 0 Å². The molecule has 0 saturated heterocycles. The average Bonchev–Trinajstić information content (AvgIpc) is 2.01. The van der Waals surface area contributed by atoms with Crippen molar-refractivity contribution in [1.29, 1.82) is 0 Å². The molecule has 0 aromatic carbocycles. The highest BCUT2D eigenvalue weighted by molar-refractivity contribution is 5.93. The Morgan fingerprint density at radius 2 is 2.25 bits per heavy atom. The molecule has 0 aliphatic carbocycles. The van der Waals surface area contributed by atoms with Gasteiger partial charge in [-0.1, -0.05) is 13.8 Å². The summed E-state index contributed by atoms with van der Waals surface area (Å²) in [7, 11) is 0. The van der Waals surface area contributed by atoms with Crippen LogP contribution in [0.5, 0.6) is 0 Å².